The van der Waals surface area contributed by atoms with Gasteiger partial charge in [0, 0.05) is 34.2 Å². The van der Waals surface area contributed by atoms with E-state index in [-0.39, 0.29) is 17.6 Å². The topological polar surface area (TPSA) is 59.1 Å². The van der Waals surface area contributed by atoms with Gasteiger partial charge in [-0.1, -0.05) is 0 Å². The lowest BCUT2D eigenvalue weighted by atomic mass is 10.4. The molecule has 0 radical (unpaired) electrons. The number of hydrogen-bond donors (Lipinski definition) is 1. The van der Waals surface area contributed by atoms with Crippen molar-refractivity contribution in [3.63, 3.8) is 0 Å². The molecule has 0 aliphatic heterocycles. The van der Waals surface area contributed by atoms with Gasteiger partial charge in [0.1, 0.15) is 5.01 Å². The van der Waals surface area contributed by atoms with Gasteiger partial charge >= 0.3 is 0 Å². The Balaban J connectivity index is 2.37. The molecule has 0 aliphatic carbocycles. The van der Waals surface area contributed by atoms with Crippen LogP contribution in [-0.4, -0.2) is 33.2 Å². The maximum atomic E-state index is 11.6. The monoisotopic (exact) mass is 294 g/mol. The van der Waals surface area contributed by atoms with E-state index in [4.69, 9.17) is 11.6 Å². The Hall–Kier alpha value is -0.460. The molecule has 4 nitrogen and oxygen atoms in total. The molecule has 1 rings (SSSR count). The van der Waals surface area contributed by atoms with Crippen LogP contribution < -0.4 is 5.32 Å². The second kappa shape index (κ2) is 7.08. The number of hydrogen-bond acceptors (Lipinski definition) is 4. The van der Waals surface area contributed by atoms with Gasteiger partial charge in [-0.25, -0.2) is 4.98 Å². The number of aromatic nitrogens is 1. The minimum Gasteiger partial charge on any atom is -0.355 e. The molecule has 96 valence electrons. The zero-order valence-corrected chi connectivity index (χ0v) is 12.1. The van der Waals surface area contributed by atoms with E-state index in [1.807, 2.05) is 12.3 Å². The van der Waals surface area contributed by atoms with Crippen LogP contribution in [0.3, 0.4) is 0 Å². The van der Waals surface area contributed by atoms with Crippen molar-refractivity contribution in [2.75, 3.05) is 12.8 Å². The van der Waals surface area contributed by atoms with Crippen molar-refractivity contribution < 1.29 is 9.00 Å². The van der Waals surface area contributed by atoms with Crippen LogP contribution >= 0.6 is 22.9 Å². The number of thiazole rings is 1. The normalized spacial score (nSPS) is 14.3. The summed E-state index contributed by atoms with van der Waals surface area (Å²) in [6.07, 6.45) is 1.88. The number of carbonyl (C=O) groups excluding carboxylic acids is 1. The molecule has 0 bridgehead atoms. The van der Waals surface area contributed by atoms with Gasteiger partial charge in [-0.15, -0.1) is 22.9 Å². The Morgan fingerprint density at radius 2 is 2.41 bits per heavy atom. The molecule has 0 saturated heterocycles. The van der Waals surface area contributed by atoms with Gasteiger partial charge < -0.3 is 5.32 Å². The van der Waals surface area contributed by atoms with Gasteiger partial charge in [0.15, 0.2) is 0 Å². The van der Waals surface area contributed by atoms with Crippen LogP contribution in [-0.2, 0) is 27.9 Å². The predicted molar refractivity (Wildman–Crippen MR) is 71.9 cm³/mol. The number of amides is 1. The van der Waals surface area contributed by atoms with E-state index in [1.54, 1.807) is 6.26 Å². The van der Waals surface area contributed by atoms with Crippen LogP contribution in [0.2, 0.25) is 0 Å². The summed E-state index contributed by atoms with van der Waals surface area (Å²) in [6, 6.07) is 0. The summed E-state index contributed by atoms with van der Waals surface area (Å²) in [6.45, 7) is 2.26. The molecule has 1 amide bonds. The molecule has 2 atom stereocenters. The third-order valence-electron chi connectivity index (χ3n) is 2.20. The average molecular weight is 295 g/mol. The van der Waals surface area contributed by atoms with Crippen LogP contribution in [0, 0.1) is 0 Å². The largest absolute Gasteiger partial charge is 0.355 e. The SMILES string of the molecule is CC(CNC(=O)Cc1nc(CCl)cs1)S(C)=O. The van der Waals surface area contributed by atoms with Crippen LogP contribution in [0.25, 0.3) is 0 Å². The Kier molecular flexibility index (Phi) is 6.08. The minimum atomic E-state index is -0.916. The number of halogens is 1. The Bertz CT molecular complexity index is 409. The minimum absolute atomic E-state index is 0.0337. The smallest absolute Gasteiger partial charge is 0.226 e. The number of nitrogens with zero attached hydrogens (tertiary/aromatic N) is 1. The molecule has 0 fully saturated rings. The lowest BCUT2D eigenvalue weighted by molar-refractivity contribution is -0.120. The standard InChI is InChI=1S/C10H15ClN2O2S2/c1-7(17(2)15)5-12-9(14)3-10-13-8(4-11)6-16-10/h6-7H,3-5H2,1-2H3,(H,12,14). The summed E-state index contributed by atoms with van der Waals surface area (Å²) >= 11 is 7.05. The summed E-state index contributed by atoms with van der Waals surface area (Å²) in [5.41, 5.74) is 0.794. The fourth-order valence-electron chi connectivity index (χ4n) is 1.07. The van der Waals surface area contributed by atoms with E-state index in [1.165, 1.54) is 11.3 Å². The van der Waals surface area contributed by atoms with Gasteiger partial charge in [0.25, 0.3) is 0 Å². The molecule has 0 saturated carbocycles. The Labute approximate surface area is 112 Å². The van der Waals surface area contributed by atoms with Gasteiger partial charge in [-0.2, -0.15) is 0 Å². The maximum Gasteiger partial charge on any atom is 0.226 e. The molecule has 17 heavy (non-hydrogen) atoms. The summed E-state index contributed by atoms with van der Waals surface area (Å²) in [5, 5.41) is 5.31. The van der Waals surface area contributed by atoms with Crippen molar-refractivity contribution in [1.82, 2.24) is 10.3 Å². The first-order valence-corrected chi connectivity index (χ1v) is 8.14. The van der Waals surface area contributed by atoms with Gasteiger partial charge in [0.05, 0.1) is 18.0 Å². The molecule has 7 heteroatoms. The fourth-order valence-corrected chi connectivity index (χ4v) is 2.41. The second-order valence-electron chi connectivity index (χ2n) is 3.66. The third kappa shape index (κ3) is 5.14. The van der Waals surface area contributed by atoms with Crippen molar-refractivity contribution in [3.05, 3.63) is 16.1 Å². The number of rotatable bonds is 6. The molecule has 1 heterocycles. The second-order valence-corrected chi connectivity index (χ2v) is 6.67. The highest BCUT2D eigenvalue weighted by Crippen LogP contribution is 2.11. The van der Waals surface area contributed by atoms with Gasteiger partial charge in [-0.3, -0.25) is 9.00 Å². The van der Waals surface area contributed by atoms with Gasteiger partial charge in [0.2, 0.25) is 5.91 Å². The van der Waals surface area contributed by atoms with Crippen molar-refractivity contribution >= 4 is 39.6 Å². The summed E-state index contributed by atoms with van der Waals surface area (Å²) < 4.78 is 11.1. The zero-order valence-electron chi connectivity index (χ0n) is 9.73. The van der Waals surface area contributed by atoms with E-state index in [0.717, 1.165) is 10.7 Å². The predicted octanol–water partition coefficient (Wildman–Crippen LogP) is 1.31. The van der Waals surface area contributed by atoms with Crippen molar-refractivity contribution in [1.29, 1.82) is 0 Å². The third-order valence-corrected chi connectivity index (χ3v) is 4.67. The average Bonchev–Trinajstić information content (AvgIpc) is 2.73. The first kappa shape index (κ1) is 14.6. The molecule has 0 spiro atoms. The number of alkyl halides is 1. The zero-order chi connectivity index (χ0) is 12.8. The highest BCUT2D eigenvalue weighted by molar-refractivity contribution is 7.84. The van der Waals surface area contributed by atoms with E-state index in [0.29, 0.717) is 12.4 Å². The summed E-state index contributed by atoms with van der Waals surface area (Å²) in [4.78, 5) is 15.8. The van der Waals surface area contributed by atoms with Crippen molar-refractivity contribution in [2.24, 2.45) is 0 Å². The fraction of sp³-hybridized carbons (Fsp3) is 0.600. The molecule has 1 N–H and O–H groups in total. The van der Waals surface area contributed by atoms with Crippen molar-refractivity contribution in [3.8, 4) is 0 Å². The quantitative estimate of drug-likeness (QED) is 0.805. The molecule has 1 aromatic heterocycles. The number of nitrogens with one attached hydrogen (secondary N) is 1. The van der Waals surface area contributed by atoms with E-state index >= 15 is 0 Å². The van der Waals surface area contributed by atoms with Crippen molar-refractivity contribution in [2.45, 2.75) is 24.5 Å². The first-order valence-electron chi connectivity index (χ1n) is 5.11. The lowest BCUT2D eigenvalue weighted by Crippen LogP contribution is -2.33. The number of carbonyl (C=O) groups is 1. The maximum absolute atomic E-state index is 11.6. The summed E-state index contributed by atoms with van der Waals surface area (Å²) in [7, 11) is -0.916. The molecular formula is C10H15ClN2O2S2. The van der Waals surface area contributed by atoms with Crippen LogP contribution in [0.4, 0.5) is 0 Å². The van der Waals surface area contributed by atoms with E-state index in [2.05, 4.69) is 10.3 Å². The summed E-state index contributed by atoms with van der Waals surface area (Å²) in [5.74, 6) is 0.266. The molecular weight excluding hydrogens is 280 g/mol. The molecule has 0 aromatic carbocycles. The lowest BCUT2D eigenvalue weighted by Gasteiger charge is -2.08. The van der Waals surface area contributed by atoms with E-state index < -0.39 is 10.8 Å². The molecule has 0 aliphatic rings. The Morgan fingerprint density at radius 1 is 1.71 bits per heavy atom. The van der Waals surface area contributed by atoms with E-state index in [9.17, 15) is 9.00 Å². The molecule has 2 unspecified atom stereocenters. The Morgan fingerprint density at radius 3 is 2.94 bits per heavy atom. The van der Waals surface area contributed by atoms with Crippen LogP contribution in [0.1, 0.15) is 17.6 Å². The first-order chi connectivity index (χ1) is 8.02. The molecule has 1 aromatic rings. The van der Waals surface area contributed by atoms with Crippen LogP contribution in [0.15, 0.2) is 5.38 Å². The van der Waals surface area contributed by atoms with Crippen LogP contribution in [0.5, 0.6) is 0 Å². The highest BCUT2D eigenvalue weighted by Gasteiger charge is 2.10. The highest BCUT2D eigenvalue weighted by atomic mass is 35.5. The van der Waals surface area contributed by atoms with Gasteiger partial charge in [-0.05, 0) is 6.92 Å².